The van der Waals surface area contributed by atoms with E-state index in [4.69, 9.17) is 5.73 Å². The number of aliphatic hydroxyl groups is 1. The van der Waals surface area contributed by atoms with E-state index in [0.29, 0.717) is 30.5 Å². The van der Waals surface area contributed by atoms with Crippen molar-refractivity contribution in [3.63, 3.8) is 0 Å². The van der Waals surface area contributed by atoms with E-state index >= 15 is 0 Å². The molecule has 4 atom stereocenters. The molecule has 4 N–H and O–H groups in total. The van der Waals surface area contributed by atoms with Crippen LogP contribution in [0, 0.1) is 11.8 Å². The number of hydrogen-bond acceptors (Lipinski definition) is 3. The Labute approximate surface area is 105 Å². The third-order valence-electron chi connectivity index (χ3n) is 4.70. The van der Waals surface area contributed by atoms with Crippen LogP contribution in [0.15, 0.2) is 0 Å². The monoisotopic (exact) mass is 240 g/mol. The standard InChI is InChI=1S/C14H28N2O/c15-9-12-5-1-2-7-14(12)16-13-6-3-4-11(8-13)10-17/h11-14,16-17H,1-10,15H2. The van der Waals surface area contributed by atoms with Crippen molar-refractivity contribution in [2.24, 2.45) is 17.6 Å². The van der Waals surface area contributed by atoms with E-state index < -0.39 is 0 Å². The second-order valence-electron chi connectivity index (χ2n) is 5.97. The number of nitrogens with two attached hydrogens (primary N) is 1. The zero-order valence-electron chi connectivity index (χ0n) is 10.9. The van der Waals surface area contributed by atoms with Crippen LogP contribution in [0.2, 0.25) is 0 Å². The normalized spacial score (nSPS) is 39.2. The average molecular weight is 240 g/mol. The number of nitrogens with one attached hydrogen (secondary N) is 1. The van der Waals surface area contributed by atoms with Gasteiger partial charge in [0.15, 0.2) is 0 Å². The summed E-state index contributed by atoms with van der Waals surface area (Å²) >= 11 is 0. The fourth-order valence-corrected chi connectivity index (χ4v) is 3.62. The average Bonchev–Trinajstić information content (AvgIpc) is 2.39. The summed E-state index contributed by atoms with van der Waals surface area (Å²) in [5, 5.41) is 13.1. The Hall–Kier alpha value is -0.120. The van der Waals surface area contributed by atoms with Crippen molar-refractivity contribution < 1.29 is 5.11 Å². The Kier molecular flexibility index (Phi) is 5.26. The molecule has 2 saturated carbocycles. The first kappa shape index (κ1) is 13.3. The summed E-state index contributed by atoms with van der Waals surface area (Å²) in [6.07, 6.45) is 10.2. The summed E-state index contributed by atoms with van der Waals surface area (Å²) in [7, 11) is 0. The fourth-order valence-electron chi connectivity index (χ4n) is 3.62. The van der Waals surface area contributed by atoms with Crippen LogP contribution in [-0.4, -0.2) is 30.3 Å². The van der Waals surface area contributed by atoms with E-state index in [1.165, 1.54) is 44.9 Å². The second-order valence-corrected chi connectivity index (χ2v) is 5.97. The Balaban J connectivity index is 1.81. The Morgan fingerprint density at radius 2 is 1.88 bits per heavy atom. The molecule has 0 aliphatic heterocycles. The summed E-state index contributed by atoms with van der Waals surface area (Å²) in [5.41, 5.74) is 5.87. The summed E-state index contributed by atoms with van der Waals surface area (Å²) in [6.45, 7) is 1.19. The minimum Gasteiger partial charge on any atom is -0.396 e. The minimum atomic E-state index is 0.364. The molecule has 3 heteroatoms. The summed E-state index contributed by atoms with van der Waals surface area (Å²) < 4.78 is 0. The molecule has 100 valence electrons. The smallest absolute Gasteiger partial charge is 0.0459 e. The summed E-state index contributed by atoms with van der Waals surface area (Å²) in [5.74, 6) is 1.21. The zero-order valence-corrected chi connectivity index (χ0v) is 10.9. The van der Waals surface area contributed by atoms with Crippen molar-refractivity contribution in [1.29, 1.82) is 0 Å². The highest BCUT2D eigenvalue weighted by Gasteiger charge is 2.28. The topological polar surface area (TPSA) is 58.3 Å². The molecule has 2 aliphatic carbocycles. The molecule has 0 saturated heterocycles. The maximum Gasteiger partial charge on any atom is 0.0459 e. The van der Waals surface area contributed by atoms with Crippen molar-refractivity contribution >= 4 is 0 Å². The van der Waals surface area contributed by atoms with Crippen LogP contribution in [0.3, 0.4) is 0 Å². The third-order valence-corrected chi connectivity index (χ3v) is 4.70. The van der Waals surface area contributed by atoms with Crippen molar-refractivity contribution in [2.45, 2.75) is 63.5 Å². The molecule has 0 amide bonds. The van der Waals surface area contributed by atoms with E-state index in [1.807, 2.05) is 0 Å². The molecule has 0 aromatic heterocycles. The second kappa shape index (κ2) is 6.72. The van der Waals surface area contributed by atoms with Gasteiger partial charge >= 0.3 is 0 Å². The molecule has 0 aromatic carbocycles. The molecular formula is C14H28N2O. The highest BCUT2D eigenvalue weighted by molar-refractivity contribution is 4.86. The Morgan fingerprint density at radius 3 is 2.65 bits per heavy atom. The first-order valence-electron chi connectivity index (χ1n) is 7.40. The molecule has 0 bridgehead atoms. The molecule has 17 heavy (non-hydrogen) atoms. The van der Waals surface area contributed by atoms with E-state index in [0.717, 1.165) is 13.0 Å². The molecule has 0 spiro atoms. The maximum absolute atomic E-state index is 9.27. The van der Waals surface area contributed by atoms with Crippen LogP contribution in [0.5, 0.6) is 0 Å². The van der Waals surface area contributed by atoms with Crippen LogP contribution < -0.4 is 11.1 Å². The van der Waals surface area contributed by atoms with Gasteiger partial charge in [-0.2, -0.15) is 0 Å². The molecular weight excluding hydrogens is 212 g/mol. The number of aliphatic hydroxyl groups excluding tert-OH is 1. The first-order valence-corrected chi connectivity index (χ1v) is 7.40. The van der Waals surface area contributed by atoms with Gasteiger partial charge in [0.2, 0.25) is 0 Å². The Bertz CT molecular complexity index is 222. The molecule has 0 heterocycles. The predicted molar refractivity (Wildman–Crippen MR) is 70.8 cm³/mol. The lowest BCUT2D eigenvalue weighted by molar-refractivity contribution is 0.153. The largest absolute Gasteiger partial charge is 0.396 e. The van der Waals surface area contributed by atoms with E-state index in [2.05, 4.69) is 5.32 Å². The van der Waals surface area contributed by atoms with Crippen LogP contribution in [0.1, 0.15) is 51.4 Å². The van der Waals surface area contributed by atoms with Gasteiger partial charge in [-0.15, -0.1) is 0 Å². The van der Waals surface area contributed by atoms with Crippen molar-refractivity contribution in [3.05, 3.63) is 0 Å². The number of rotatable bonds is 4. The molecule has 4 unspecified atom stereocenters. The molecule has 0 radical (unpaired) electrons. The maximum atomic E-state index is 9.27. The van der Waals surface area contributed by atoms with Gasteiger partial charge in [0.1, 0.15) is 0 Å². The van der Waals surface area contributed by atoms with E-state index in [9.17, 15) is 5.11 Å². The van der Waals surface area contributed by atoms with Crippen molar-refractivity contribution in [2.75, 3.05) is 13.2 Å². The first-order chi connectivity index (χ1) is 8.33. The van der Waals surface area contributed by atoms with Crippen LogP contribution in [0.25, 0.3) is 0 Å². The van der Waals surface area contributed by atoms with Crippen molar-refractivity contribution in [1.82, 2.24) is 5.32 Å². The minimum absolute atomic E-state index is 0.364. The predicted octanol–water partition coefficient (Wildman–Crippen LogP) is 1.64. The summed E-state index contributed by atoms with van der Waals surface area (Å²) in [6, 6.07) is 1.26. The van der Waals surface area contributed by atoms with Crippen LogP contribution >= 0.6 is 0 Å². The third kappa shape index (κ3) is 3.67. The van der Waals surface area contributed by atoms with Gasteiger partial charge in [0.25, 0.3) is 0 Å². The highest BCUT2D eigenvalue weighted by Crippen LogP contribution is 2.28. The molecule has 3 nitrogen and oxygen atoms in total. The quantitative estimate of drug-likeness (QED) is 0.700. The van der Waals surface area contributed by atoms with Crippen LogP contribution in [-0.2, 0) is 0 Å². The van der Waals surface area contributed by atoms with E-state index in [-0.39, 0.29) is 0 Å². The van der Waals surface area contributed by atoms with Gasteiger partial charge in [0, 0.05) is 18.7 Å². The molecule has 2 fully saturated rings. The SMILES string of the molecule is NCC1CCCCC1NC1CCCC(CO)C1. The lowest BCUT2D eigenvalue weighted by atomic mass is 9.81. The van der Waals surface area contributed by atoms with Gasteiger partial charge in [-0.3, -0.25) is 0 Å². The van der Waals surface area contributed by atoms with Crippen LogP contribution in [0.4, 0.5) is 0 Å². The lowest BCUT2D eigenvalue weighted by Crippen LogP contribution is -2.48. The zero-order chi connectivity index (χ0) is 12.1. The summed E-state index contributed by atoms with van der Waals surface area (Å²) in [4.78, 5) is 0. The molecule has 2 aliphatic rings. The lowest BCUT2D eigenvalue weighted by Gasteiger charge is -2.37. The Morgan fingerprint density at radius 1 is 1.06 bits per heavy atom. The van der Waals surface area contributed by atoms with Crippen molar-refractivity contribution in [3.8, 4) is 0 Å². The van der Waals surface area contributed by atoms with Gasteiger partial charge in [-0.1, -0.05) is 19.3 Å². The molecule has 0 aromatic rings. The number of hydrogen-bond donors (Lipinski definition) is 3. The van der Waals surface area contributed by atoms with Gasteiger partial charge in [0.05, 0.1) is 0 Å². The highest BCUT2D eigenvalue weighted by atomic mass is 16.3. The van der Waals surface area contributed by atoms with Gasteiger partial charge in [-0.05, 0) is 50.5 Å². The fraction of sp³-hybridized carbons (Fsp3) is 1.00. The van der Waals surface area contributed by atoms with E-state index in [1.54, 1.807) is 0 Å². The van der Waals surface area contributed by atoms with Gasteiger partial charge in [-0.25, -0.2) is 0 Å². The van der Waals surface area contributed by atoms with Gasteiger partial charge < -0.3 is 16.2 Å². The molecule has 2 rings (SSSR count).